The van der Waals surface area contributed by atoms with Crippen LogP contribution in [0.25, 0.3) is 0 Å². The van der Waals surface area contributed by atoms with Gasteiger partial charge in [0.25, 0.3) is 0 Å². The molecule has 2 fully saturated rings. The Labute approximate surface area is 326 Å². The number of hydrogen-bond acceptors (Lipinski definition) is 12. The first kappa shape index (κ1) is 40.4. The average Bonchev–Trinajstić information content (AvgIpc) is 4.15. The third kappa shape index (κ3) is 12.9. The Morgan fingerprint density at radius 3 is 1.57 bits per heavy atom. The van der Waals surface area contributed by atoms with Crippen molar-refractivity contribution >= 4 is 17.9 Å². The molecule has 2 saturated heterocycles. The summed E-state index contributed by atoms with van der Waals surface area (Å²) in [5.41, 5.74) is 0.979. The van der Waals surface area contributed by atoms with Gasteiger partial charge in [0.05, 0.1) is 50.8 Å². The molecule has 2 unspecified atom stereocenters. The van der Waals surface area contributed by atoms with Crippen molar-refractivity contribution in [3.63, 3.8) is 0 Å². The molecule has 2 atom stereocenters. The van der Waals surface area contributed by atoms with Crippen LogP contribution in [-0.2, 0) is 30.3 Å². The Hall–Kier alpha value is -5.27. The summed E-state index contributed by atoms with van der Waals surface area (Å²) in [4.78, 5) is 39.7. The van der Waals surface area contributed by atoms with Gasteiger partial charge in [0.15, 0.2) is 0 Å². The van der Waals surface area contributed by atoms with Crippen molar-refractivity contribution in [2.45, 2.75) is 57.3 Å². The van der Waals surface area contributed by atoms with Gasteiger partial charge in [-0.3, -0.25) is 0 Å². The fourth-order valence-electron chi connectivity index (χ4n) is 5.30. The fraction of sp³-hybridized carbons (Fsp3) is 0.386. The molecule has 0 radical (unpaired) electrons. The molecule has 296 valence electrons. The lowest BCUT2D eigenvalue weighted by Gasteiger charge is -2.13. The molecular formula is C44H48O12. The quantitative estimate of drug-likeness (QED) is 0.0321. The Bertz CT molecular complexity index is 1880. The minimum Gasteiger partial charge on any atom is -0.494 e. The summed E-state index contributed by atoms with van der Waals surface area (Å²) < 4.78 is 50.3. The molecule has 12 heteroatoms. The zero-order valence-electron chi connectivity index (χ0n) is 31.8. The molecule has 2 heterocycles. The normalized spacial score (nSPS) is 18.1. The van der Waals surface area contributed by atoms with Crippen molar-refractivity contribution in [1.82, 2.24) is 0 Å². The predicted molar refractivity (Wildman–Crippen MR) is 205 cm³/mol. The third-order valence-corrected chi connectivity index (χ3v) is 8.97. The largest absolute Gasteiger partial charge is 0.494 e. The Balaban J connectivity index is 1.01. The van der Waals surface area contributed by atoms with Crippen molar-refractivity contribution in [2.24, 2.45) is 0 Å². The topological polar surface area (TPSA) is 141 Å². The first-order valence-corrected chi connectivity index (χ1v) is 18.9. The molecule has 0 aliphatic carbocycles. The van der Waals surface area contributed by atoms with Gasteiger partial charge in [0.1, 0.15) is 46.4 Å². The molecule has 0 spiro atoms. The summed E-state index contributed by atoms with van der Waals surface area (Å²) in [5.74, 6) is -0.891. The van der Waals surface area contributed by atoms with Gasteiger partial charge in [-0.05, 0) is 112 Å². The molecule has 0 bridgehead atoms. The van der Waals surface area contributed by atoms with E-state index in [0.29, 0.717) is 51.1 Å². The van der Waals surface area contributed by atoms with Crippen LogP contribution in [0.3, 0.4) is 0 Å². The Kier molecular flexibility index (Phi) is 14.1. The number of esters is 3. The minimum atomic E-state index is -0.766. The van der Waals surface area contributed by atoms with Crippen LogP contribution < -0.4 is 18.9 Å². The molecule has 6 rings (SSSR count). The van der Waals surface area contributed by atoms with Crippen LogP contribution in [0, 0.1) is 0 Å². The van der Waals surface area contributed by atoms with E-state index in [2.05, 4.69) is 0 Å². The molecule has 12 nitrogen and oxygen atoms in total. The summed E-state index contributed by atoms with van der Waals surface area (Å²) in [5, 5.41) is 0. The second kappa shape index (κ2) is 19.5. The van der Waals surface area contributed by atoms with Gasteiger partial charge in [-0.15, -0.1) is 0 Å². The smallest absolute Gasteiger partial charge is 0.343 e. The molecule has 4 aromatic rings. The molecule has 0 saturated carbocycles. The van der Waals surface area contributed by atoms with Crippen LogP contribution in [-0.4, -0.2) is 82.0 Å². The number of carbonyl (C=O) groups excluding carboxylic acids is 3. The molecule has 2 aliphatic heterocycles. The summed E-state index contributed by atoms with van der Waals surface area (Å²) in [7, 11) is 0. The first-order chi connectivity index (χ1) is 27.2. The zero-order chi connectivity index (χ0) is 39.2. The van der Waals surface area contributed by atoms with Crippen molar-refractivity contribution in [1.29, 1.82) is 0 Å². The SMILES string of the molecule is CC1(COCCCCOc2ccc(C(=O)Oc3ccc(OC(=O)c4ccc(OCCCCOCC5(C)CO5)cc4)c(C(=O)OCc4ccccc4)c3)cc2)CO1. The Morgan fingerprint density at radius 1 is 0.571 bits per heavy atom. The van der Waals surface area contributed by atoms with Crippen molar-refractivity contribution in [3.8, 4) is 23.0 Å². The van der Waals surface area contributed by atoms with Gasteiger partial charge < -0.3 is 42.6 Å². The van der Waals surface area contributed by atoms with E-state index in [1.807, 2.05) is 44.2 Å². The van der Waals surface area contributed by atoms with Gasteiger partial charge in [0, 0.05) is 13.2 Å². The molecular weight excluding hydrogens is 720 g/mol. The number of rotatable bonds is 23. The van der Waals surface area contributed by atoms with Crippen molar-refractivity contribution < 1.29 is 57.0 Å². The highest BCUT2D eigenvalue weighted by Gasteiger charge is 2.40. The molecule has 0 aromatic heterocycles. The van der Waals surface area contributed by atoms with Crippen LogP contribution >= 0.6 is 0 Å². The average molecular weight is 769 g/mol. The highest BCUT2D eigenvalue weighted by molar-refractivity contribution is 5.97. The lowest BCUT2D eigenvalue weighted by Crippen LogP contribution is -2.15. The van der Waals surface area contributed by atoms with Crippen LogP contribution in [0.5, 0.6) is 23.0 Å². The van der Waals surface area contributed by atoms with Crippen molar-refractivity contribution in [2.75, 3.05) is 52.9 Å². The second-order valence-electron chi connectivity index (χ2n) is 14.2. The maximum Gasteiger partial charge on any atom is 0.343 e. The zero-order valence-corrected chi connectivity index (χ0v) is 31.8. The van der Waals surface area contributed by atoms with E-state index < -0.39 is 17.9 Å². The van der Waals surface area contributed by atoms with E-state index >= 15 is 0 Å². The van der Waals surface area contributed by atoms with Crippen LogP contribution in [0.15, 0.2) is 97.1 Å². The van der Waals surface area contributed by atoms with E-state index in [1.54, 1.807) is 48.5 Å². The molecule has 0 amide bonds. The number of benzene rings is 4. The standard InChI is InChI=1S/C44H48O12/c1-43(30-53-43)28-48-22-6-8-24-50-35-16-12-33(13-17-35)40(45)55-37-20-21-39(38(26-37)42(47)52-27-32-10-4-3-5-11-32)56-41(46)34-14-18-36(19-15-34)51-25-9-7-23-49-29-44(2)31-54-44/h3-5,10-21,26H,6-9,22-25,27-31H2,1-2H3. The molecule has 2 aliphatic rings. The highest BCUT2D eigenvalue weighted by Crippen LogP contribution is 2.29. The molecule has 4 aromatic carbocycles. The summed E-state index contributed by atoms with van der Waals surface area (Å²) >= 11 is 0. The number of carbonyl (C=O) groups is 3. The van der Waals surface area contributed by atoms with Gasteiger partial charge in [-0.2, -0.15) is 0 Å². The van der Waals surface area contributed by atoms with E-state index in [9.17, 15) is 14.4 Å². The summed E-state index contributed by atoms with van der Waals surface area (Å²) in [6.45, 7) is 9.01. The number of ether oxygens (including phenoxy) is 9. The van der Waals surface area contributed by atoms with E-state index in [4.69, 9.17) is 42.6 Å². The summed E-state index contributed by atoms with van der Waals surface area (Å²) in [6, 6.07) is 26.4. The summed E-state index contributed by atoms with van der Waals surface area (Å²) in [6.07, 6.45) is 3.34. The number of hydrogen-bond donors (Lipinski definition) is 0. The third-order valence-electron chi connectivity index (χ3n) is 8.97. The minimum absolute atomic E-state index is 0.0168. The van der Waals surface area contributed by atoms with Crippen LogP contribution in [0.4, 0.5) is 0 Å². The van der Waals surface area contributed by atoms with E-state index in [-0.39, 0.29) is 46.0 Å². The van der Waals surface area contributed by atoms with Gasteiger partial charge in [-0.1, -0.05) is 30.3 Å². The van der Waals surface area contributed by atoms with Crippen molar-refractivity contribution in [3.05, 3.63) is 119 Å². The number of epoxide rings is 2. The molecule has 56 heavy (non-hydrogen) atoms. The van der Waals surface area contributed by atoms with E-state index in [1.165, 1.54) is 18.2 Å². The van der Waals surface area contributed by atoms with Crippen LogP contribution in [0.2, 0.25) is 0 Å². The molecule has 0 N–H and O–H groups in total. The highest BCUT2D eigenvalue weighted by atomic mass is 16.6. The van der Waals surface area contributed by atoms with E-state index in [0.717, 1.165) is 44.5 Å². The number of unbranched alkanes of at least 4 members (excludes halogenated alkanes) is 2. The fourth-order valence-corrected chi connectivity index (χ4v) is 5.30. The first-order valence-electron chi connectivity index (χ1n) is 18.9. The lowest BCUT2D eigenvalue weighted by molar-refractivity contribution is 0.0465. The van der Waals surface area contributed by atoms with Gasteiger partial charge in [-0.25, -0.2) is 14.4 Å². The van der Waals surface area contributed by atoms with Crippen LogP contribution in [0.1, 0.15) is 76.2 Å². The second-order valence-corrected chi connectivity index (χ2v) is 14.2. The maximum absolute atomic E-state index is 13.4. The lowest BCUT2D eigenvalue weighted by atomic mass is 10.1. The van der Waals surface area contributed by atoms with Gasteiger partial charge >= 0.3 is 17.9 Å². The Morgan fingerprint density at radius 2 is 1.05 bits per heavy atom. The predicted octanol–water partition coefficient (Wildman–Crippen LogP) is 7.41. The monoisotopic (exact) mass is 768 g/mol. The maximum atomic E-state index is 13.4. The van der Waals surface area contributed by atoms with Gasteiger partial charge in [0.2, 0.25) is 0 Å².